The lowest BCUT2D eigenvalue weighted by Gasteiger charge is -2.41. The molecule has 0 bridgehead atoms. The van der Waals surface area contributed by atoms with Gasteiger partial charge in [-0.25, -0.2) is 0 Å². The molecule has 3 heteroatoms. The summed E-state index contributed by atoms with van der Waals surface area (Å²) in [6, 6.07) is 8.62. The van der Waals surface area contributed by atoms with E-state index in [1.54, 1.807) is 0 Å². The topological polar surface area (TPSA) is 53.0 Å². The van der Waals surface area contributed by atoms with Crippen molar-refractivity contribution in [2.75, 3.05) is 18.0 Å². The van der Waals surface area contributed by atoms with Gasteiger partial charge < -0.3 is 10.6 Å². The molecule has 2 rings (SSSR count). The second-order valence-electron chi connectivity index (χ2n) is 5.46. The van der Waals surface area contributed by atoms with Crippen molar-refractivity contribution in [2.24, 2.45) is 11.7 Å². The zero-order valence-corrected chi connectivity index (χ0v) is 11.9. The third-order valence-electron chi connectivity index (χ3n) is 4.32. The largest absolute Gasteiger partial charge is 0.366 e. The maximum Gasteiger partial charge on any atom is 0.101 e. The van der Waals surface area contributed by atoms with Crippen LogP contribution < -0.4 is 10.6 Å². The molecule has 2 atom stereocenters. The van der Waals surface area contributed by atoms with E-state index in [0.717, 1.165) is 30.1 Å². The number of aryl methyl sites for hydroxylation is 1. The van der Waals surface area contributed by atoms with E-state index in [1.807, 2.05) is 12.1 Å². The monoisotopic (exact) mass is 257 g/mol. The van der Waals surface area contributed by atoms with Crippen molar-refractivity contribution in [3.63, 3.8) is 0 Å². The van der Waals surface area contributed by atoms with Gasteiger partial charge in [0.1, 0.15) is 6.07 Å². The number of nitrogens with zero attached hydrogens (tertiary/aromatic N) is 2. The first-order valence-corrected chi connectivity index (χ1v) is 7.17. The molecule has 102 valence electrons. The zero-order valence-electron chi connectivity index (χ0n) is 11.9. The van der Waals surface area contributed by atoms with Crippen molar-refractivity contribution in [2.45, 2.75) is 39.2 Å². The van der Waals surface area contributed by atoms with E-state index in [9.17, 15) is 5.26 Å². The first kappa shape index (κ1) is 13.9. The average molecular weight is 257 g/mol. The first-order chi connectivity index (χ1) is 9.21. The van der Waals surface area contributed by atoms with Crippen molar-refractivity contribution in [3.8, 4) is 6.07 Å². The molecule has 2 N–H and O–H groups in total. The summed E-state index contributed by atoms with van der Waals surface area (Å²) in [5.41, 5.74) is 9.00. The Morgan fingerprint density at radius 3 is 2.89 bits per heavy atom. The van der Waals surface area contributed by atoms with Crippen LogP contribution in [0.3, 0.4) is 0 Å². The molecule has 0 spiro atoms. The fourth-order valence-electron chi connectivity index (χ4n) is 3.15. The Labute approximate surface area is 116 Å². The van der Waals surface area contributed by atoms with Gasteiger partial charge in [-0.3, -0.25) is 0 Å². The molecule has 1 saturated heterocycles. The third-order valence-corrected chi connectivity index (χ3v) is 4.32. The number of anilines is 1. The van der Waals surface area contributed by atoms with E-state index in [1.165, 1.54) is 18.4 Å². The summed E-state index contributed by atoms with van der Waals surface area (Å²) in [4.78, 5) is 2.36. The Kier molecular flexibility index (Phi) is 4.44. The maximum atomic E-state index is 9.32. The van der Waals surface area contributed by atoms with Crippen molar-refractivity contribution in [1.82, 2.24) is 0 Å². The Bertz CT molecular complexity index is 475. The molecular weight excluding hydrogens is 234 g/mol. The highest BCUT2D eigenvalue weighted by atomic mass is 15.2. The normalized spacial score (nSPS) is 23.2. The molecule has 0 aliphatic carbocycles. The van der Waals surface area contributed by atoms with Gasteiger partial charge in [-0.1, -0.05) is 25.5 Å². The second-order valence-corrected chi connectivity index (χ2v) is 5.46. The van der Waals surface area contributed by atoms with E-state index < -0.39 is 0 Å². The molecule has 1 fully saturated rings. The van der Waals surface area contributed by atoms with E-state index in [2.05, 4.69) is 30.9 Å². The van der Waals surface area contributed by atoms with Gasteiger partial charge in [0.2, 0.25) is 0 Å². The summed E-state index contributed by atoms with van der Waals surface area (Å²) in [7, 11) is 0. The number of benzene rings is 1. The highest BCUT2D eigenvalue weighted by Gasteiger charge is 2.28. The smallest absolute Gasteiger partial charge is 0.101 e. The summed E-state index contributed by atoms with van der Waals surface area (Å²) in [5, 5.41) is 9.32. The van der Waals surface area contributed by atoms with Crippen LogP contribution in [0.2, 0.25) is 0 Å². The van der Waals surface area contributed by atoms with E-state index in [4.69, 9.17) is 5.73 Å². The molecule has 0 radical (unpaired) electrons. The highest BCUT2D eigenvalue weighted by Crippen LogP contribution is 2.33. The molecule has 1 aromatic carbocycles. The van der Waals surface area contributed by atoms with Crippen LogP contribution in [0.5, 0.6) is 0 Å². The lowest BCUT2D eigenvalue weighted by molar-refractivity contribution is 0.335. The fraction of sp³-hybridized carbons (Fsp3) is 0.562. The molecule has 1 aliphatic heterocycles. The van der Waals surface area contributed by atoms with Crippen LogP contribution in [0.1, 0.15) is 37.3 Å². The zero-order chi connectivity index (χ0) is 13.8. The number of hydrogen-bond donors (Lipinski definition) is 1. The predicted octanol–water partition coefficient (Wildman–Crippen LogP) is 2.82. The Balaban J connectivity index is 2.33. The molecule has 3 nitrogen and oxygen atoms in total. The van der Waals surface area contributed by atoms with Gasteiger partial charge in [-0.15, -0.1) is 0 Å². The van der Waals surface area contributed by atoms with Gasteiger partial charge in [0, 0.05) is 19.1 Å². The van der Waals surface area contributed by atoms with Crippen LogP contribution in [-0.2, 0) is 0 Å². The number of para-hydroxylation sites is 1. The minimum absolute atomic E-state index is 0.367. The molecule has 1 aliphatic rings. The van der Waals surface area contributed by atoms with Gasteiger partial charge >= 0.3 is 0 Å². The lowest BCUT2D eigenvalue weighted by Crippen LogP contribution is -2.47. The van der Waals surface area contributed by atoms with Crippen LogP contribution in [0.4, 0.5) is 5.69 Å². The van der Waals surface area contributed by atoms with Gasteiger partial charge in [-0.2, -0.15) is 5.26 Å². The van der Waals surface area contributed by atoms with Gasteiger partial charge in [0.15, 0.2) is 0 Å². The number of rotatable bonds is 3. The SMILES string of the molecule is CCC1CCN(c2c(C)cccc2C#N)C(CN)C1. The van der Waals surface area contributed by atoms with Crippen LogP contribution in [0.25, 0.3) is 0 Å². The van der Waals surface area contributed by atoms with Gasteiger partial charge in [-0.05, 0) is 37.3 Å². The maximum absolute atomic E-state index is 9.32. The Morgan fingerprint density at radius 1 is 1.47 bits per heavy atom. The van der Waals surface area contributed by atoms with Crippen LogP contribution >= 0.6 is 0 Å². The summed E-state index contributed by atoms with van der Waals surface area (Å²) in [6.07, 6.45) is 3.57. The number of hydrogen-bond acceptors (Lipinski definition) is 3. The minimum Gasteiger partial charge on any atom is -0.366 e. The molecule has 0 amide bonds. The molecular formula is C16H23N3. The average Bonchev–Trinajstić information content (AvgIpc) is 2.46. The quantitative estimate of drug-likeness (QED) is 0.906. The van der Waals surface area contributed by atoms with Crippen molar-refractivity contribution < 1.29 is 0 Å². The molecule has 1 aromatic rings. The van der Waals surface area contributed by atoms with Crippen molar-refractivity contribution in [1.29, 1.82) is 5.26 Å². The Hall–Kier alpha value is -1.53. The third kappa shape index (κ3) is 2.74. The second kappa shape index (κ2) is 6.08. The fourth-order valence-corrected chi connectivity index (χ4v) is 3.15. The number of nitriles is 1. The van der Waals surface area contributed by atoms with Crippen LogP contribution in [-0.4, -0.2) is 19.1 Å². The number of nitrogens with two attached hydrogens (primary N) is 1. The molecule has 2 unspecified atom stereocenters. The molecule has 0 aromatic heterocycles. The minimum atomic E-state index is 0.367. The molecule has 19 heavy (non-hydrogen) atoms. The van der Waals surface area contributed by atoms with E-state index in [0.29, 0.717) is 12.6 Å². The van der Waals surface area contributed by atoms with Gasteiger partial charge in [0.25, 0.3) is 0 Å². The van der Waals surface area contributed by atoms with Crippen molar-refractivity contribution >= 4 is 5.69 Å². The van der Waals surface area contributed by atoms with Crippen LogP contribution in [0.15, 0.2) is 18.2 Å². The van der Waals surface area contributed by atoms with E-state index in [-0.39, 0.29) is 0 Å². The predicted molar refractivity (Wildman–Crippen MR) is 79.1 cm³/mol. The lowest BCUT2D eigenvalue weighted by atomic mass is 9.87. The molecule has 1 heterocycles. The van der Waals surface area contributed by atoms with Crippen LogP contribution in [0, 0.1) is 24.2 Å². The first-order valence-electron chi connectivity index (χ1n) is 7.17. The van der Waals surface area contributed by atoms with E-state index >= 15 is 0 Å². The summed E-state index contributed by atoms with van der Waals surface area (Å²) in [5.74, 6) is 0.777. The Morgan fingerprint density at radius 2 is 2.26 bits per heavy atom. The van der Waals surface area contributed by atoms with Crippen molar-refractivity contribution in [3.05, 3.63) is 29.3 Å². The summed E-state index contributed by atoms with van der Waals surface area (Å²) in [6.45, 7) is 6.01. The summed E-state index contributed by atoms with van der Waals surface area (Å²) < 4.78 is 0. The number of piperidine rings is 1. The highest BCUT2D eigenvalue weighted by molar-refractivity contribution is 5.64. The van der Waals surface area contributed by atoms with Gasteiger partial charge in [0.05, 0.1) is 11.3 Å². The standard InChI is InChI=1S/C16H23N3/c1-3-13-7-8-19(15(9-13)11-18)16-12(2)5-4-6-14(16)10-17/h4-6,13,15H,3,7-9,11,18H2,1-2H3. The molecule has 0 saturated carbocycles. The summed E-state index contributed by atoms with van der Waals surface area (Å²) >= 11 is 0.